The summed E-state index contributed by atoms with van der Waals surface area (Å²) in [6.07, 6.45) is -1.70. The van der Waals surface area contributed by atoms with Gasteiger partial charge in [-0.25, -0.2) is 4.79 Å². The van der Waals surface area contributed by atoms with Crippen LogP contribution in [0.2, 0.25) is 0 Å². The summed E-state index contributed by atoms with van der Waals surface area (Å²) < 4.78 is 42.1. The third kappa shape index (κ3) is 3.25. The van der Waals surface area contributed by atoms with E-state index in [2.05, 4.69) is 0 Å². The molecule has 0 bridgehead atoms. The Morgan fingerprint density at radius 2 is 2.17 bits per heavy atom. The Bertz CT molecular complexity index is 437. The zero-order valence-electron chi connectivity index (χ0n) is 9.41. The van der Waals surface area contributed by atoms with Gasteiger partial charge in [-0.05, 0) is 18.9 Å². The monoisotopic (exact) mass is 263 g/mol. The zero-order chi connectivity index (χ0) is 13.3. The molecule has 0 spiro atoms. The number of aromatic carboxylic acids is 1. The van der Waals surface area contributed by atoms with Crippen LogP contribution in [0.1, 0.15) is 29.0 Å². The van der Waals surface area contributed by atoms with E-state index in [9.17, 15) is 18.0 Å². The van der Waals surface area contributed by atoms with Gasteiger partial charge in [0.05, 0.1) is 19.4 Å². The molecule has 7 heteroatoms. The Balaban J connectivity index is 2.09. The lowest BCUT2D eigenvalue weighted by atomic mass is 10.2. The predicted octanol–water partition coefficient (Wildman–Crippen LogP) is 2.50. The molecule has 0 radical (unpaired) electrons. The van der Waals surface area contributed by atoms with Crippen LogP contribution in [0.15, 0.2) is 16.7 Å². The first-order chi connectivity index (χ1) is 8.37. The summed E-state index contributed by atoms with van der Waals surface area (Å²) >= 11 is 0. The number of furan rings is 1. The molecule has 1 heterocycles. The van der Waals surface area contributed by atoms with Gasteiger partial charge >= 0.3 is 12.1 Å². The van der Waals surface area contributed by atoms with Gasteiger partial charge in [0.2, 0.25) is 0 Å². The summed E-state index contributed by atoms with van der Waals surface area (Å²) in [7, 11) is 0. The van der Waals surface area contributed by atoms with Crippen LogP contribution in [0.5, 0.6) is 0 Å². The summed E-state index contributed by atoms with van der Waals surface area (Å²) in [4.78, 5) is 12.0. The molecule has 0 amide bonds. The van der Waals surface area contributed by atoms with E-state index >= 15 is 0 Å². The van der Waals surface area contributed by atoms with Gasteiger partial charge in [-0.2, -0.15) is 13.2 Å². The lowest BCUT2D eigenvalue weighted by Gasteiger charge is -2.22. The molecule has 4 nitrogen and oxygen atoms in total. The molecule has 18 heavy (non-hydrogen) atoms. The van der Waals surface area contributed by atoms with Crippen molar-refractivity contribution in [2.75, 3.05) is 6.54 Å². The van der Waals surface area contributed by atoms with Crippen molar-refractivity contribution in [2.24, 2.45) is 0 Å². The molecule has 0 aliphatic heterocycles. The largest absolute Gasteiger partial charge is 0.478 e. The van der Waals surface area contributed by atoms with E-state index in [0.29, 0.717) is 12.8 Å². The van der Waals surface area contributed by atoms with Gasteiger partial charge in [-0.1, -0.05) is 0 Å². The lowest BCUT2D eigenvalue weighted by molar-refractivity contribution is -0.148. The third-order valence-corrected chi connectivity index (χ3v) is 2.77. The highest BCUT2D eigenvalue weighted by atomic mass is 19.4. The molecule has 0 unspecified atom stereocenters. The smallest absolute Gasteiger partial charge is 0.401 e. The van der Waals surface area contributed by atoms with Crippen molar-refractivity contribution in [1.82, 2.24) is 4.90 Å². The van der Waals surface area contributed by atoms with Crippen molar-refractivity contribution in [2.45, 2.75) is 31.6 Å². The van der Waals surface area contributed by atoms with Gasteiger partial charge < -0.3 is 9.52 Å². The maximum absolute atomic E-state index is 12.4. The molecule has 0 saturated heterocycles. The molecule has 0 aromatic carbocycles. The highest BCUT2D eigenvalue weighted by Gasteiger charge is 2.38. The average Bonchev–Trinajstić information content (AvgIpc) is 2.96. The Morgan fingerprint density at radius 3 is 2.67 bits per heavy atom. The van der Waals surface area contributed by atoms with E-state index in [1.165, 1.54) is 17.2 Å². The van der Waals surface area contributed by atoms with Crippen molar-refractivity contribution >= 4 is 5.97 Å². The molecule has 0 atom stereocenters. The van der Waals surface area contributed by atoms with Gasteiger partial charge in [-0.15, -0.1) is 0 Å². The Hall–Kier alpha value is -1.50. The molecular weight excluding hydrogens is 251 g/mol. The van der Waals surface area contributed by atoms with E-state index in [-0.39, 0.29) is 23.9 Å². The minimum Gasteiger partial charge on any atom is -0.478 e. The van der Waals surface area contributed by atoms with E-state index in [0.717, 1.165) is 0 Å². The fourth-order valence-electron chi connectivity index (χ4n) is 1.82. The summed E-state index contributed by atoms with van der Waals surface area (Å²) in [5.41, 5.74) is -0.0807. The molecule has 1 fully saturated rings. The number of carboxylic acid groups (broad SMARTS) is 1. The van der Waals surface area contributed by atoms with Gasteiger partial charge in [0, 0.05) is 6.04 Å². The second-order valence-corrected chi connectivity index (χ2v) is 4.31. The average molecular weight is 263 g/mol. The molecule has 100 valence electrons. The van der Waals surface area contributed by atoms with Gasteiger partial charge in [0.25, 0.3) is 0 Å². The van der Waals surface area contributed by atoms with Gasteiger partial charge in [0.1, 0.15) is 11.3 Å². The standard InChI is InChI=1S/C11H12F3NO3/c12-11(13,14)6-15(7-1-2-7)5-9-8(10(16)17)3-4-18-9/h3-4,7H,1-2,5-6H2,(H,16,17). The number of hydrogen-bond donors (Lipinski definition) is 1. The Labute approximate surface area is 101 Å². The molecule has 1 aromatic heterocycles. The van der Waals surface area contributed by atoms with E-state index in [1.54, 1.807) is 0 Å². The molecule has 1 saturated carbocycles. The van der Waals surface area contributed by atoms with Crippen molar-refractivity contribution in [1.29, 1.82) is 0 Å². The fourth-order valence-corrected chi connectivity index (χ4v) is 1.82. The first-order valence-corrected chi connectivity index (χ1v) is 5.47. The maximum atomic E-state index is 12.4. The Kier molecular flexibility index (Phi) is 3.34. The molecule has 1 N–H and O–H groups in total. The maximum Gasteiger partial charge on any atom is 0.401 e. The van der Waals surface area contributed by atoms with Crippen LogP contribution in [0.25, 0.3) is 0 Å². The van der Waals surface area contributed by atoms with Gasteiger partial charge in [-0.3, -0.25) is 4.90 Å². The summed E-state index contributed by atoms with van der Waals surface area (Å²) in [6, 6.07) is 1.12. The number of halogens is 3. The van der Waals surface area contributed by atoms with Crippen molar-refractivity contribution in [3.8, 4) is 0 Å². The van der Waals surface area contributed by atoms with Crippen LogP contribution >= 0.6 is 0 Å². The SMILES string of the molecule is O=C(O)c1ccoc1CN(CC(F)(F)F)C1CC1. The first-order valence-electron chi connectivity index (χ1n) is 5.47. The molecular formula is C11H12F3NO3. The van der Waals surface area contributed by atoms with E-state index in [1.807, 2.05) is 0 Å². The molecule has 1 aromatic rings. The van der Waals surface area contributed by atoms with E-state index < -0.39 is 18.7 Å². The highest BCUT2D eigenvalue weighted by molar-refractivity contribution is 5.88. The number of nitrogens with zero attached hydrogens (tertiary/aromatic N) is 1. The van der Waals surface area contributed by atoms with Crippen molar-refractivity contribution in [3.05, 3.63) is 23.7 Å². The van der Waals surface area contributed by atoms with Crippen LogP contribution in [0.4, 0.5) is 13.2 Å². The number of carboxylic acids is 1. The third-order valence-electron chi connectivity index (χ3n) is 2.77. The minimum atomic E-state index is -4.29. The highest BCUT2D eigenvalue weighted by Crippen LogP contribution is 2.32. The number of rotatable bonds is 5. The zero-order valence-corrected chi connectivity index (χ0v) is 9.41. The van der Waals surface area contributed by atoms with E-state index in [4.69, 9.17) is 9.52 Å². The normalized spacial score (nSPS) is 16.2. The summed E-state index contributed by atoms with van der Waals surface area (Å²) in [5, 5.41) is 8.85. The van der Waals surface area contributed by atoms with Gasteiger partial charge in [0.15, 0.2) is 0 Å². The number of alkyl halides is 3. The first kappa shape index (κ1) is 12.9. The van der Waals surface area contributed by atoms with Crippen molar-refractivity contribution < 1.29 is 27.5 Å². The second-order valence-electron chi connectivity index (χ2n) is 4.31. The molecule has 2 rings (SSSR count). The van der Waals surface area contributed by atoms with Crippen LogP contribution < -0.4 is 0 Å². The molecule has 1 aliphatic rings. The lowest BCUT2D eigenvalue weighted by Crippen LogP contribution is -2.35. The fraction of sp³-hybridized carbons (Fsp3) is 0.545. The topological polar surface area (TPSA) is 53.7 Å². The minimum absolute atomic E-state index is 0.0682. The summed E-state index contributed by atoms with van der Waals surface area (Å²) in [5.74, 6) is -1.12. The van der Waals surface area contributed by atoms with Crippen LogP contribution in [-0.2, 0) is 6.54 Å². The van der Waals surface area contributed by atoms with Crippen LogP contribution in [0.3, 0.4) is 0 Å². The Morgan fingerprint density at radius 1 is 1.50 bits per heavy atom. The predicted molar refractivity (Wildman–Crippen MR) is 55.2 cm³/mol. The number of hydrogen-bond acceptors (Lipinski definition) is 3. The van der Waals surface area contributed by atoms with Crippen LogP contribution in [0, 0.1) is 0 Å². The van der Waals surface area contributed by atoms with Crippen molar-refractivity contribution in [3.63, 3.8) is 0 Å². The molecule has 1 aliphatic carbocycles. The summed E-state index contributed by atoms with van der Waals surface area (Å²) in [6.45, 7) is -1.17. The second kappa shape index (κ2) is 4.64. The number of carbonyl (C=O) groups is 1. The van der Waals surface area contributed by atoms with Crippen LogP contribution in [-0.4, -0.2) is 34.7 Å². The quantitative estimate of drug-likeness (QED) is 0.886.